The molecule has 0 radical (unpaired) electrons. The van der Waals surface area contributed by atoms with E-state index in [4.69, 9.17) is 0 Å². The summed E-state index contributed by atoms with van der Waals surface area (Å²) in [6.07, 6.45) is 0.380. The molecule has 0 spiro atoms. The summed E-state index contributed by atoms with van der Waals surface area (Å²) in [5, 5.41) is 0. The number of carbonyl (C=O) groups is 2. The lowest BCUT2D eigenvalue weighted by Crippen LogP contribution is -2.48. The van der Waals surface area contributed by atoms with Crippen LogP contribution in [0.3, 0.4) is 0 Å². The van der Waals surface area contributed by atoms with Crippen LogP contribution in [-0.4, -0.2) is 59.2 Å². The Morgan fingerprint density at radius 3 is 2.00 bits per heavy atom. The Balaban J connectivity index is 1.43. The lowest BCUT2D eigenvalue weighted by molar-refractivity contribution is -0.135. The van der Waals surface area contributed by atoms with Crippen molar-refractivity contribution in [1.82, 2.24) is 14.7 Å². The number of benzene rings is 2. The maximum absolute atomic E-state index is 12.6. The summed E-state index contributed by atoms with van der Waals surface area (Å²) < 4.78 is 0. The van der Waals surface area contributed by atoms with Gasteiger partial charge in [-0.3, -0.25) is 14.5 Å². The summed E-state index contributed by atoms with van der Waals surface area (Å²) in [6.45, 7) is 6.80. The van der Waals surface area contributed by atoms with E-state index >= 15 is 0 Å². The van der Waals surface area contributed by atoms with Gasteiger partial charge in [0.1, 0.15) is 0 Å². The summed E-state index contributed by atoms with van der Waals surface area (Å²) in [5.74, 6) is 0.142. The molecule has 1 heterocycles. The summed E-state index contributed by atoms with van der Waals surface area (Å²) in [5.41, 5.74) is 2.39. The molecule has 1 aliphatic rings. The molecular weight excluding hydrogens is 350 g/mol. The van der Waals surface area contributed by atoms with Gasteiger partial charge in [-0.2, -0.15) is 0 Å². The summed E-state index contributed by atoms with van der Waals surface area (Å²) in [6, 6.07) is 20.3. The second-order valence-electron chi connectivity index (χ2n) is 7.32. The van der Waals surface area contributed by atoms with E-state index in [-0.39, 0.29) is 11.8 Å². The predicted octanol–water partition coefficient (Wildman–Crippen LogP) is 2.77. The second-order valence-corrected chi connectivity index (χ2v) is 7.32. The summed E-state index contributed by atoms with van der Waals surface area (Å²) >= 11 is 0. The van der Waals surface area contributed by atoms with Gasteiger partial charge in [0, 0.05) is 59.2 Å². The molecule has 5 heteroatoms. The molecule has 5 nitrogen and oxygen atoms in total. The van der Waals surface area contributed by atoms with Crippen LogP contribution in [0.1, 0.15) is 24.5 Å². The van der Waals surface area contributed by atoms with Crippen LogP contribution in [0.5, 0.6) is 0 Å². The topological polar surface area (TPSA) is 43.9 Å². The molecule has 0 aliphatic carbocycles. The van der Waals surface area contributed by atoms with Gasteiger partial charge >= 0.3 is 0 Å². The lowest BCUT2D eigenvalue weighted by Gasteiger charge is -2.35. The number of piperazine rings is 1. The van der Waals surface area contributed by atoms with Crippen molar-refractivity contribution >= 4 is 11.8 Å². The molecule has 0 unspecified atom stereocenters. The maximum atomic E-state index is 12.6. The van der Waals surface area contributed by atoms with Gasteiger partial charge in [0.15, 0.2) is 0 Å². The highest BCUT2D eigenvalue weighted by Crippen LogP contribution is 2.11. The fraction of sp³-hybridized carbons (Fsp3) is 0.391. The van der Waals surface area contributed by atoms with Crippen molar-refractivity contribution in [2.45, 2.75) is 26.4 Å². The van der Waals surface area contributed by atoms with Crippen molar-refractivity contribution in [2.75, 3.05) is 32.7 Å². The van der Waals surface area contributed by atoms with Crippen molar-refractivity contribution in [2.24, 2.45) is 0 Å². The van der Waals surface area contributed by atoms with Crippen LogP contribution in [0.2, 0.25) is 0 Å². The third-order valence-corrected chi connectivity index (χ3v) is 5.23. The highest BCUT2D eigenvalue weighted by molar-refractivity contribution is 5.78. The Hall–Kier alpha value is -2.66. The standard InChI is InChI=1S/C23H29N3O2/c1-20(27)26(19-22-10-6-3-7-11-22)13-12-23(28)25-16-14-24(15-17-25)18-21-8-4-2-5-9-21/h2-11H,12-19H2,1H3. The van der Waals surface area contributed by atoms with E-state index in [1.54, 1.807) is 11.8 Å². The Morgan fingerprint density at radius 2 is 1.43 bits per heavy atom. The van der Waals surface area contributed by atoms with Gasteiger partial charge in [0.05, 0.1) is 0 Å². The molecule has 2 aromatic rings. The normalized spacial score (nSPS) is 14.7. The smallest absolute Gasteiger partial charge is 0.224 e. The minimum Gasteiger partial charge on any atom is -0.340 e. The molecule has 28 heavy (non-hydrogen) atoms. The van der Waals surface area contributed by atoms with Gasteiger partial charge in [-0.1, -0.05) is 60.7 Å². The Kier molecular flexibility index (Phi) is 7.20. The quantitative estimate of drug-likeness (QED) is 0.743. The number of hydrogen-bond acceptors (Lipinski definition) is 3. The summed E-state index contributed by atoms with van der Waals surface area (Å²) in [4.78, 5) is 30.6. The minimum absolute atomic E-state index is 0.00401. The SMILES string of the molecule is CC(=O)N(CCC(=O)N1CCN(Cc2ccccc2)CC1)Cc1ccccc1. The molecule has 0 aromatic heterocycles. The van der Waals surface area contributed by atoms with Gasteiger partial charge < -0.3 is 9.80 Å². The fourth-order valence-electron chi connectivity index (χ4n) is 3.54. The van der Waals surface area contributed by atoms with Crippen LogP contribution in [-0.2, 0) is 22.7 Å². The van der Waals surface area contributed by atoms with Crippen molar-refractivity contribution in [3.05, 3.63) is 71.8 Å². The zero-order valence-corrected chi connectivity index (χ0v) is 16.6. The monoisotopic (exact) mass is 379 g/mol. The number of hydrogen-bond donors (Lipinski definition) is 0. The van der Waals surface area contributed by atoms with Gasteiger partial charge in [0.25, 0.3) is 0 Å². The Morgan fingerprint density at radius 1 is 0.857 bits per heavy atom. The third-order valence-electron chi connectivity index (χ3n) is 5.23. The molecule has 2 amide bonds. The Labute approximate surface area is 167 Å². The average molecular weight is 380 g/mol. The van der Waals surface area contributed by atoms with E-state index in [1.165, 1.54) is 5.56 Å². The van der Waals surface area contributed by atoms with Gasteiger partial charge in [-0.15, -0.1) is 0 Å². The van der Waals surface area contributed by atoms with Gasteiger partial charge in [-0.25, -0.2) is 0 Å². The first-order chi connectivity index (χ1) is 13.6. The number of nitrogens with zero attached hydrogens (tertiary/aromatic N) is 3. The van der Waals surface area contributed by atoms with Crippen LogP contribution in [0.25, 0.3) is 0 Å². The summed E-state index contributed by atoms with van der Waals surface area (Å²) in [7, 11) is 0. The highest BCUT2D eigenvalue weighted by Gasteiger charge is 2.22. The number of rotatable bonds is 7. The average Bonchev–Trinajstić information content (AvgIpc) is 2.73. The second kappa shape index (κ2) is 10.0. The van der Waals surface area contributed by atoms with Crippen LogP contribution in [0.4, 0.5) is 0 Å². The van der Waals surface area contributed by atoms with Gasteiger partial charge in [-0.05, 0) is 11.1 Å². The molecule has 0 saturated carbocycles. The van der Waals surface area contributed by atoms with Crippen molar-refractivity contribution in [3.8, 4) is 0 Å². The van der Waals surface area contributed by atoms with Crippen LogP contribution < -0.4 is 0 Å². The van der Waals surface area contributed by atoms with E-state index in [0.717, 1.165) is 38.3 Å². The molecule has 148 valence electrons. The maximum Gasteiger partial charge on any atom is 0.224 e. The van der Waals surface area contributed by atoms with Crippen LogP contribution in [0, 0.1) is 0 Å². The van der Waals surface area contributed by atoms with Gasteiger partial charge in [0.2, 0.25) is 11.8 Å². The van der Waals surface area contributed by atoms with Crippen molar-refractivity contribution < 1.29 is 9.59 Å². The largest absolute Gasteiger partial charge is 0.340 e. The van der Waals surface area contributed by atoms with Crippen molar-refractivity contribution in [1.29, 1.82) is 0 Å². The first kappa shape index (κ1) is 20.1. The molecule has 0 atom stereocenters. The molecular formula is C23H29N3O2. The molecule has 3 rings (SSSR count). The first-order valence-corrected chi connectivity index (χ1v) is 9.95. The van der Waals surface area contributed by atoms with E-state index in [9.17, 15) is 9.59 Å². The fourth-order valence-corrected chi connectivity index (χ4v) is 3.54. The molecule has 1 saturated heterocycles. The lowest BCUT2D eigenvalue weighted by atomic mass is 10.2. The first-order valence-electron chi connectivity index (χ1n) is 9.95. The molecule has 2 aromatic carbocycles. The zero-order chi connectivity index (χ0) is 19.8. The minimum atomic E-state index is 0.00401. The molecule has 1 fully saturated rings. The molecule has 1 aliphatic heterocycles. The number of amides is 2. The van der Waals surface area contributed by atoms with E-state index in [1.807, 2.05) is 41.3 Å². The van der Waals surface area contributed by atoms with E-state index < -0.39 is 0 Å². The zero-order valence-electron chi connectivity index (χ0n) is 16.6. The van der Waals surface area contributed by atoms with E-state index in [0.29, 0.717) is 19.5 Å². The van der Waals surface area contributed by atoms with Crippen LogP contribution >= 0.6 is 0 Å². The third kappa shape index (κ3) is 5.92. The molecule has 0 bridgehead atoms. The Bertz CT molecular complexity index is 756. The van der Waals surface area contributed by atoms with Crippen LogP contribution in [0.15, 0.2) is 60.7 Å². The predicted molar refractivity (Wildman–Crippen MR) is 110 cm³/mol. The molecule has 0 N–H and O–H groups in total. The van der Waals surface area contributed by atoms with E-state index in [2.05, 4.69) is 29.2 Å². The van der Waals surface area contributed by atoms with Crippen molar-refractivity contribution in [3.63, 3.8) is 0 Å². The highest BCUT2D eigenvalue weighted by atomic mass is 16.2. The number of carbonyl (C=O) groups excluding carboxylic acids is 2.